The number of aromatic nitrogens is 11. The van der Waals surface area contributed by atoms with Gasteiger partial charge in [0.15, 0.2) is 34.0 Å². The number of halogens is 9. The SMILES string of the molecule is CCc1cc(N2CCN(C(C)C)C2=O)nc2c(C(=O)NC(C3CC3)C(F)(F)F)ncn12.Cc1cc(-c2cccc(OC3CC3)n2)nc2c(C(=O)NC(C3CC3)C(F)(F)F)ncn12.Cc1cc(-c2cccc3conc23)nc2c(C(=O)NC(C3CC3)C(F)(F)F)ncn12. The first kappa shape index (κ1) is 62.7. The maximum atomic E-state index is 13.4. The molecule has 1 saturated heterocycles. The molecule has 92 heavy (non-hydrogen) atoms. The van der Waals surface area contributed by atoms with Crippen molar-refractivity contribution in [3.63, 3.8) is 0 Å². The first-order valence-corrected chi connectivity index (χ1v) is 30.0. The molecule has 4 saturated carbocycles. The van der Waals surface area contributed by atoms with E-state index in [0.29, 0.717) is 97.9 Å². The highest BCUT2D eigenvalue weighted by molar-refractivity contribution is 6.01. The summed E-state index contributed by atoms with van der Waals surface area (Å²) >= 11 is 0. The molecule has 9 aromatic rings. The van der Waals surface area contributed by atoms with Crippen molar-refractivity contribution in [3.05, 3.63) is 114 Å². The summed E-state index contributed by atoms with van der Waals surface area (Å²) in [6.07, 6.45) is -2.49. The van der Waals surface area contributed by atoms with Gasteiger partial charge in [0.05, 0.1) is 17.1 Å². The number of alkyl halides is 9. The third-order valence-corrected chi connectivity index (χ3v) is 16.6. The third kappa shape index (κ3) is 13.2. The van der Waals surface area contributed by atoms with Crippen LogP contribution in [0.2, 0.25) is 0 Å². The van der Waals surface area contributed by atoms with E-state index < -0.39 is 72.1 Å². The van der Waals surface area contributed by atoms with E-state index in [1.54, 1.807) is 68.3 Å². The first-order chi connectivity index (χ1) is 43.7. The summed E-state index contributed by atoms with van der Waals surface area (Å²) < 4.78 is 136. The normalized spacial score (nSPS) is 17.2. The van der Waals surface area contributed by atoms with Crippen molar-refractivity contribution in [2.45, 2.75) is 141 Å². The van der Waals surface area contributed by atoms with Gasteiger partial charge in [-0.2, -0.15) is 39.5 Å². The van der Waals surface area contributed by atoms with E-state index in [4.69, 9.17) is 9.26 Å². The van der Waals surface area contributed by atoms with Crippen LogP contribution < -0.4 is 25.6 Å². The molecule has 4 aliphatic carbocycles. The highest BCUT2D eigenvalue weighted by atomic mass is 19.4. The van der Waals surface area contributed by atoms with Crippen LogP contribution in [-0.2, 0) is 6.42 Å². The predicted octanol–water partition coefficient (Wildman–Crippen LogP) is 10.6. The minimum atomic E-state index is -4.53. The molecular formula is C61H61F9N16O6. The number of carbonyl (C=O) groups is 4. The van der Waals surface area contributed by atoms with Crippen LogP contribution in [0.15, 0.2) is 84.4 Å². The zero-order valence-electron chi connectivity index (χ0n) is 50.1. The molecule has 14 rings (SSSR count). The van der Waals surface area contributed by atoms with Crippen LogP contribution in [-0.4, -0.2) is 144 Å². The highest BCUT2D eigenvalue weighted by Gasteiger charge is 2.52. The van der Waals surface area contributed by atoms with Crippen LogP contribution >= 0.6 is 0 Å². The van der Waals surface area contributed by atoms with Gasteiger partial charge >= 0.3 is 24.6 Å². The molecule has 9 heterocycles. The molecule has 1 aromatic carbocycles. The Bertz CT molecular complexity index is 4290. The van der Waals surface area contributed by atoms with Gasteiger partial charge in [-0.3, -0.25) is 32.5 Å². The number of urea groups is 1. The minimum absolute atomic E-state index is 0.0323. The molecule has 3 unspecified atom stereocenters. The monoisotopic (exact) mass is 1280 g/mol. The van der Waals surface area contributed by atoms with E-state index in [1.165, 1.54) is 30.1 Å². The number of anilines is 1. The van der Waals surface area contributed by atoms with Crippen LogP contribution in [0.1, 0.15) is 121 Å². The zero-order chi connectivity index (χ0) is 65.3. The van der Waals surface area contributed by atoms with Gasteiger partial charge in [-0.25, -0.2) is 39.7 Å². The lowest BCUT2D eigenvalue weighted by atomic mass is 10.1. The van der Waals surface area contributed by atoms with E-state index in [0.717, 1.165) is 35.3 Å². The molecule has 5 aliphatic rings. The standard InChI is InChI=1S/C21H20F3N5O2.C20H25F3N6O2.C20H16F3N5O2/c1-11-9-15(14-3-2-4-16(26-14)31-13-7-8-13)27-19-17(25-10-29(11)19)20(30)28-18(12-5-6-12)21(22,23)24;1-4-13-9-14(28-8-7-27(11(2)3)19(28)31)25-17-15(24-10-29(13)17)18(30)26-16(12-5-6-12)20(21,22)23;1-10-7-14(13-4-2-3-12-8-30-27-15(12)13)25-18-16(24-9-28(10)18)19(29)26-17(11-5-6-11)20(21,22)23/h2-4,9-10,12-13,18H,5-8H2,1H3,(H,28,30);9-12,16H,4-8H2,1-3H3,(H,26,30);2-4,7-9,11,17H,5-6H2,1H3,(H,26,29). The number of hydrogen-bond acceptors (Lipinski definition) is 14. The van der Waals surface area contributed by atoms with Gasteiger partial charge in [-0.15, -0.1) is 0 Å². The van der Waals surface area contributed by atoms with Crippen molar-refractivity contribution >= 4 is 57.4 Å². The fourth-order valence-corrected chi connectivity index (χ4v) is 11.1. The summed E-state index contributed by atoms with van der Waals surface area (Å²) in [5, 5.41) is 11.1. The number of amides is 5. The summed E-state index contributed by atoms with van der Waals surface area (Å²) in [5.41, 5.74) is 5.03. The van der Waals surface area contributed by atoms with Crippen LogP contribution in [0.5, 0.6) is 5.88 Å². The number of rotatable bonds is 16. The largest absolute Gasteiger partial charge is 0.474 e. The smallest absolute Gasteiger partial charge is 0.408 e. The molecule has 5 amide bonds. The Morgan fingerprint density at radius 2 is 1.10 bits per heavy atom. The lowest BCUT2D eigenvalue weighted by Gasteiger charge is -2.22. The van der Waals surface area contributed by atoms with Crippen LogP contribution in [0, 0.1) is 31.6 Å². The van der Waals surface area contributed by atoms with Gasteiger partial charge in [0.25, 0.3) is 17.7 Å². The van der Waals surface area contributed by atoms with Gasteiger partial charge in [0.2, 0.25) is 5.88 Å². The lowest BCUT2D eigenvalue weighted by molar-refractivity contribution is -0.158. The van der Waals surface area contributed by atoms with E-state index in [2.05, 4.69) is 56.0 Å². The van der Waals surface area contributed by atoms with Gasteiger partial charge in [-0.1, -0.05) is 30.3 Å². The first-order valence-electron chi connectivity index (χ1n) is 30.0. The van der Waals surface area contributed by atoms with Crippen molar-refractivity contribution in [3.8, 4) is 28.5 Å². The molecule has 31 heteroatoms. The number of imidazole rings is 3. The number of fused-ring (bicyclic) bond motifs is 4. The topological polar surface area (TPSA) is 250 Å². The molecule has 0 spiro atoms. The average molecular weight is 1290 g/mol. The molecule has 0 radical (unpaired) electrons. The molecule has 3 atom stereocenters. The maximum absolute atomic E-state index is 13.4. The Hall–Kier alpha value is -9.45. The van der Waals surface area contributed by atoms with Crippen LogP contribution in [0.4, 0.5) is 50.1 Å². The second-order valence-electron chi connectivity index (χ2n) is 23.8. The third-order valence-electron chi connectivity index (χ3n) is 16.6. The molecule has 5 fully saturated rings. The summed E-state index contributed by atoms with van der Waals surface area (Å²) in [6.45, 7) is 10.3. The minimum Gasteiger partial charge on any atom is -0.474 e. The molecule has 22 nitrogen and oxygen atoms in total. The number of nitrogens with one attached hydrogen (secondary N) is 3. The average Bonchev–Trinajstić information content (AvgIpc) is 1.70. The summed E-state index contributed by atoms with van der Waals surface area (Å²) in [7, 11) is 0. The zero-order valence-corrected chi connectivity index (χ0v) is 50.1. The molecular weight excluding hydrogens is 1220 g/mol. The molecule has 3 N–H and O–H groups in total. The fraction of sp³-hybridized carbons (Fsp3) is 0.443. The van der Waals surface area contributed by atoms with Gasteiger partial charge in [0.1, 0.15) is 60.8 Å². The quantitative estimate of drug-likeness (QED) is 0.0762. The molecule has 1 aliphatic heterocycles. The van der Waals surface area contributed by atoms with Gasteiger partial charge in [0, 0.05) is 59.3 Å². The van der Waals surface area contributed by atoms with E-state index in [1.807, 2.05) is 39.0 Å². The predicted molar refractivity (Wildman–Crippen MR) is 312 cm³/mol. The van der Waals surface area contributed by atoms with Crippen LogP contribution in [0.3, 0.4) is 0 Å². The lowest BCUT2D eigenvalue weighted by Crippen LogP contribution is -2.47. The fourth-order valence-electron chi connectivity index (χ4n) is 11.1. The Balaban J connectivity index is 0.000000133. The molecule has 484 valence electrons. The number of pyridine rings is 1. The van der Waals surface area contributed by atoms with Crippen molar-refractivity contribution in [1.82, 2.24) is 74.1 Å². The Morgan fingerprint density at radius 1 is 0.609 bits per heavy atom. The highest BCUT2D eigenvalue weighted by Crippen LogP contribution is 2.43. The summed E-state index contributed by atoms with van der Waals surface area (Å²) in [4.78, 5) is 84.2. The molecule has 8 aromatic heterocycles. The second kappa shape index (κ2) is 24.3. The van der Waals surface area contributed by atoms with E-state index >= 15 is 0 Å². The number of carbonyl (C=O) groups excluding carboxylic acids is 4. The Morgan fingerprint density at radius 3 is 1.58 bits per heavy atom. The second-order valence-corrected chi connectivity index (χ2v) is 23.8. The van der Waals surface area contributed by atoms with Gasteiger partial charge in [-0.05, 0) is 128 Å². The van der Waals surface area contributed by atoms with Crippen molar-refractivity contribution in [2.75, 3.05) is 18.0 Å². The van der Waals surface area contributed by atoms with E-state index in [9.17, 15) is 58.7 Å². The van der Waals surface area contributed by atoms with Crippen molar-refractivity contribution in [1.29, 1.82) is 0 Å². The number of hydrogen-bond donors (Lipinski definition) is 3. The number of ether oxygens (including phenoxy) is 1. The molecule has 0 bridgehead atoms. The van der Waals surface area contributed by atoms with E-state index in [-0.39, 0.29) is 52.2 Å². The number of aryl methyl sites for hydroxylation is 3. The Kier molecular flexibility index (Phi) is 16.6. The maximum Gasteiger partial charge on any atom is 0.408 e. The summed E-state index contributed by atoms with van der Waals surface area (Å²) in [6, 6.07) is 10.3. The number of nitrogens with zero attached hydrogens (tertiary/aromatic N) is 13. The van der Waals surface area contributed by atoms with Gasteiger partial charge < -0.3 is 30.1 Å². The summed E-state index contributed by atoms with van der Waals surface area (Å²) in [5.74, 6) is -3.61. The Labute approximate surface area is 517 Å². The van der Waals surface area contributed by atoms with Crippen molar-refractivity contribution < 1.29 is 68.0 Å². The van der Waals surface area contributed by atoms with Crippen LogP contribution in [0.25, 0.3) is 50.5 Å². The number of benzene rings is 1. The van der Waals surface area contributed by atoms with Crippen molar-refractivity contribution in [2.24, 2.45) is 17.8 Å².